The predicted octanol–water partition coefficient (Wildman–Crippen LogP) is 3.65. The Labute approximate surface area is 158 Å². The van der Waals surface area contributed by atoms with Gasteiger partial charge in [-0.05, 0) is 69.6 Å². The molecule has 0 unspecified atom stereocenters. The molecule has 4 nitrogen and oxygen atoms in total. The molecule has 26 heavy (non-hydrogen) atoms. The third-order valence-corrected chi connectivity index (χ3v) is 5.32. The van der Waals surface area contributed by atoms with Crippen LogP contribution in [0.15, 0.2) is 24.3 Å². The van der Waals surface area contributed by atoms with E-state index in [2.05, 4.69) is 13.8 Å². The molecule has 1 heterocycles. The van der Waals surface area contributed by atoms with Crippen LogP contribution in [0, 0.1) is 11.3 Å². The lowest BCUT2D eigenvalue weighted by Gasteiger charge is -2.43. The van der Waals surface area contributed by atoms with Crippen LogP contribution in [0.4, 0.5) is 0 Å². The van der Waals surface area contributed by atoms with Gasteiger partial charge in [-0.2, -0.15) is 0 Å². The Morgan fingerprint density at radius 1 is 1.35 bits per heavy atom. The second kappa shape index (κ2) is 8.53. The normalized spacial score (nSPS) is 21.3. The molecule has 146 valence electrons. The van der Waals surface area contributed by atoms with Crippen LogP contribution in [-0.4, -0.2) is 46.3 Å². The summed E-state index contributed by atoms with van der Waals surface area (Å²) in [6.07, 6.45) is 4.28. The molecular formula is C22H35NO3. The zero-order chi connectivity index (χ0) is 19.4. The van der Waals surface area contributed by atoms with E-state index in [-0.39, 0.29) is 17.9 Å². The van der Waals surface area contributed by atoms with E-state index in [9.17, 15) is 15.0 Å². The summed E-state index contributed by atoms with van der Waals surface area (Å²) in [7, 11) is 0. The van der Waals surface area contributed by atoms with Crippen molar-refractivity contribution in [1.82, 2.24) is 4.90 Å². The van der Waals surface area contributed by atoms with E-state index in [0.29, 0.717) is 24.4 Å². The molecule has 0 spiro atoms. The van der Waals surface area contributed by atoms with Gasteiger partial charge >= 0.3 is 0 Å². The van der Waals surface area contributed by atoms with Crippen molar-refractivity contribution < 1.29 is 15.0 Å². The molecule has 0 bridgehead atoms. The number of likely N-dealkylation sites (tertiary alicyclic amines) is 1. The summed E-state index contributed by atoms with van der Waals surface area (Å²) < 4.78 is 0. The molecule has 1 fully saturated rings. The van der Waals surface area contributed by atoms with Gasteiger partial charge < -0.3 is 15.1 Å². The molecule has 1 aromatic carbocycles. The summed E-state index contributed by atoms with van der Waals surface area (Å²) in [6.45, 7) is 9.48. The third kappa shape index (κ3) is 5.82. The summed E-state index contributed by atoms with van der Waals surface area (Å²) in [5, 5.41) is 19.9. The number of benzene rings is 1. The Hall–Kier alpha value is -1.39. The summed E-state index contributed by atoms with van der Waals surface area (Å²) in [5.41, 5.74) is 0.910. The maximum atomic E-state index is 13.0. The number of hydrogen-bond acceptors (Lipinski definition) is 3. The van der Waals surface area contributed by atoms with Crippen LogP contribution in [-0.2, 0) is 6.42 Å². The van der Waals surface area contributed by atoms with Crippen molar-refractivity contribution in [3.63, 3.8) is 0 Å². The first-order valence-corrected chi connectivity index (χ1v) is 9.86. The Morgan fingerprint density at radius 3 is 2.69 bits per heavy atom. The lowest BCUT2D eigenvalue weighted by molar-refractivity contribution is 0.0160. The molecule has 1 aliphatic rings. The summed E-state index contributed by atoms with van der Waals surface area (Å²) in [4.78, 5) is 15.0. The van der Waals surface area contributed by atoms with E-state index in [4.69, 9.17) is 0 Å². The average molecular weight is 362 g/mol. The minimum absolute atomic E-state index is 0.0522. The highest BCUT2D eigenvalue weighted by molar-refractivity contribution is 5.94. The van der Waals surface area contributed by atoms with Crippen LogP contribution < -0.4 is 0 Å². The Bertz CT molecular complexity index is 606. The van der Waals surface area contributed by atoms with Crippen molar-refractivity contribution in [3.05, 3.63) is 35.4 Å². The maximum absolute atomic E-state index is 13.0. The van der Waals surface area contributed by atoms with Crippen LogP contribution in [0.3, 0.4) is 0 Å². The van der Waals surface area contributed by atoms with E-state index in [1.54, 1.807) is 13.8 Å². The van der Waals surface area contributed by atoms with Gasteiger partial charge in [0.2, 0.25) is 0 Å². The van der Waals surface area contributed by atoms with Crippen LogP contribution in [0.5, 0.6) is 0 Å². The molecule has 0 aromatic heterocycles. The fourth-order valence-corrected chi connectivity index (χ4v) is 4.10. The van der Waals surface area contributed by atoms with Gasteiger partial charge in [-0.1, -0.05) is 26.0 Å². The van der Waals surface area contributed by atoms with Crippen molar-refractivity contribution in [2.45, 2.75) is 65.4 Å². The highest BCUT2D eigenvalue weighted by Crippen LogP contribution is 2.36. The number of carbonyl (C=O) groups excluding carboxylic acids is 1. The van der Waals surface area contributed by atoms with Crippen molar-refractivity contribution in [2.75, 3.05) is 19.7 Å². The van der Waals surface area contributed by atoms with E-state index in [1.807, 2.05) is 29.2 Å². The summed E-state index contributed by atoms with van der Waals surface area (Å²) in [6, 6.07) is 7.75. The number of piperidine rings is 1. The second-order valence-corrected chi connectivity index (χ2v) is 9.10. The smallest absolute Gasteiger partial charge is 0.253 e. The van der Waals surface area contributed by atoms with Crippen molar-refractivity contribution in [2.24, 2.45) is 11.3 Å². The third-order valence-electron chi connectivity index (χ3n) is 5.32. The highest BCUT2D eigenvalue weighted by atomic mass is 16.3. The molecule has 4 heteroatoms. The van der Waals surface area contributed by atoms with E-state index in [0.717, 1.165) is 37.8 Å². The number of carbonyl (C=O) groups is 1. The Balaban J connectivity index is 2.10. The molecule has 1 saturated heterocycles. The van der Waals surface area contributed by atoms with Crippen LogP contribution in [0.1, 0.15) is 69.3 Å². The number of nitrogens with zero attached hydrogens (tertiary/aromatic N) is 1. The molecule has 1 atom stereocenters. The number of amides is 1. The molecular weight excluding hydrogens is 326 g/mol. The lowest BCUT2D eigenvalue weighted by atomic mass is 9.74. The SMILES string of the molecule is CC(C)C[C@@]1(CO)CCCN(C(=O)c2cccc(CCC(C)(C)O)c2)C1. The highest BCUT2D eigenvalue weighted by Gasteiger charge is 2.37. The number of aliphatic hydroxyl groups excluding tert-OH is 1. The minimum Gasteiger partial charge on any atom is -0.396 e. The van der Waals surface area contributed by atoms with Gasteiger partial charge in [0.1, 0.15) is 0 Å². The van der Waals surface area contributed by atoms with Gasteiger partial charge in [0.25, 0.3) is 5.91 Å². The summed E-state index contributed by atoms with van der Waals surface area (Å²) >= 11 is 0. The fraction of sp³-hybridized carbons (Fsp3) is 0.682. The van der Waals surface area contributed by atoms with Crippen LogP contribution >= 0.6 is 0 Å². The van der Waals surface area contributed by atoms with Gasteiger partial charge in [-0.15, -0.1) is 0 Å². The van der Waals surface area contributed by atoms with E-state index >= 15 is 0 Å². The number of rotatable bonds is 7. The largest absolute Gasteiger partial charge is 0.396 e. The van der Waals surface area contributed by atoms with Gasteiger partial charge in [0.15, 0.2) is 0 Å². The molecule has 2 N–H and O–H groups in total. The quantitative estimate of drug-likeness (QED) is 0.779. The Kier molecular flexibility index (Phi) is 6.86. The lowest BCUT2D eigenvalue weighted by Crippen LogP contribution is -2.48. The molecule has 0 aliphatic carbocycles. The van der Waals surface area contributed by atoms with Crippen molar-refractivity contribution in [3.8, 4) is 0 Å². The van der Waals surface area contributed by atoms with E-state index < -0.39 is 5.60 Å². The average Bonchev–Trinajstić information content (AvgIpc) is 2.58. The zero-order valence-corrected chi connectivity index (χ0v) is 16.8. The van der Waals surface area contributed by atoms with Crippen molar-refractivity contribution >= 4 is 5.91 Å². The fourth-order valence-electron chi connectivity index (χ4n) is 4.10. The molecule has 2 rings (SSSR count). The number of aliphatic hydroxyl groups is 2. The zero-order valence-electron chi connectivity index (χ0n) is 16.8. The van der Waals surface area contributed by atoms with Gasteiger partial charge in [-0.25, -0.2) is 0 Å². The number of aryl methyl sites for hydroxylation is 1. The summed E-state index contributed by atoms with van der Waals surface area (Å²) in [5.74, 6) is 0.554. The first-order valence-electron chi connectivity index (χ1n) is 9.86. The first-order chi connectivity index (χ1) is 12.1. The topological polar surface area (TPSA) is 60.8 Å². The van der Waals surface area contributed by atoms with E-state index in [1.165, 1.54) is 0 Å². The van der Waals surface area contributed by atoms with Gasteiger partial charge in [-0.3, -0.25) is 4.79 Å². The first kappa shape index (κ1) is 20.9. The van der Waals surface area contributed by atoms with Gasteiger partial charge in [0.05, 0.1) is 12.2 Å². The molecule has 1 aliphatic heterocycles. The Morgan fingerprint density at radius 2 is 2.08 bits per heavy atom. The molecule has 0 saturated carbocycles. The molecule has 0 radical (unpaired) electrons. The second-order valence-electron chi connectivity index (χ2n) is 9.10. The molecule has 1 aromatic rings. The maximum Gasteiger partial charge on any atom is 0.253 e. The van der Waals surface area contributed by atoms with Crippen LogP contribution in [0.2, 0.25) is 0 Å². The van der Waals surface area contributed by atoms with Gasteiger partial charge in [0, 0.05) is 24.1 Å². The predicted molar refractivity (Wildman–Crippen MR) is 105 cm³/mol. The number of hydrogen-bond donors (Lipinski definition) is 2. The molecule has 1 amide bonds. The van der Waals surface area contributed by atoms with Crippen LogP contribution in [0.25, 0.3) is 0 Å². The van der Waals surface area contributed by atoms with Crippen molar-refractivity contribution in [1.29, 1.82) is 0 Å². The minimum atomic E-state index is -0.704. The monoisotopic (exact) mass is 361 g/mol. The standard InChI is InChI=1S/C22H35NO3/c1-17(2)14-22(16-24)10-6-12-23(15-22)20(25)19-8-5-7-18(13-19)9-11-21(3,4)26/h5,7-8,13,17,24,26H,6,9-12,14-16H2,1-4H3/t22-/m0/s1.